The molecule has 5 nitrogen and oxygen atoms in total. The zero-order valence-corrected chi connectivity index (χ0v) is 11.5. The van der Waals surface area contributed by atoms with Crippen molar-refractivity contribution in [1.82, 2.24) is 15.1 Å². The molecule has 2 heterocycles. The number of piperidine rings is 1. The first-order chi connectivity index (χ1) is 9.78. The van der Waals surface area contributed by atoms with Gasteiger partial charge in [-0.2, -0.15) is 5.26 Å². The van der Waals surface area contributed by atoms with Crippen LogP contribution in [-0.2, 0) is 0 Å². The fourth-order valence-corrected chi connectivity index (χ4v) is 2.64. The molecule has 0 saturated carbocycles. The van der Waals surface area contributed by atoms with E-state index in [-0.39, 0.29) is 0 Å². The Labute approximate surface area is 118 Å². The van der Waals surface area contributed by atoms with Crippen LogP contribution in [-0.4, -0.2) is 41.3 Å². The van der Waals surface area contributed by atoms with E-state index < -0.39 is 0 Å². The summed E-state index contributed by atoms with van der Waals surface area (Å²) >= 11 is 0. The van der Waals surface area contributed by atoms with Crippen LogP contribution in [0.5, 0.6) is 0 Å². The topological polar surface area (TPSA) is 64.8 Å². The van der Waals surface area contributed by atoms with Crippen LogP contribution in [0.15, 0.2) is 24.3 Å². The van der Waals surface area contributed by atoms with Crippen LogP contribution < -0.4 is 5.32 Å². The fourth-order valence-electron chi connectivity index (χ4n) is 2.64. The average Bonchev–Trinajstić information content (AvgIpc) is 2.50. The number of hydrogen-bond donors (Lipinski definition) is 1. The molecule has 1 aliphatic heterocycles. The lowest BCUT2D eigenvalue weighted by atomic mass is 10.0. The van der Waals surface area contributed by atoms with E-state index >= 15 is 0 Å². The van der Waals surface area contributed by atoms with Crippen LogP contribution in [0, 0.1) is 11.3 Å². The molecule has 102 valence electrons. The highest BCUT2D eigenvalue weighted by molar-refractivity contribution is 5.92. The summed E-state index contributed by atoms with van der Waals surface area (Å²) in [6.07, 6.45) is 2.16. The van der Waals surface area contributed by atoms with Gasteiger partial charge in [0.2, 0.25) is 0 Å². The second-order valence-electron chi connectivity index (χ2n) is 5.27. The molecule has 1 N–H and O–H groups in total. The number of nitrogens with one attached hydrogen (secondary N) is 1. The lowest BCUT2D eigenvalue weighted by Gasteiger charge is -2.30. The van der Waals surface area contributed by atoms with Crippen molar-refractivity contribution in [2.45, 2.75) is 18.9 Å². The lowest BCUT2D eigenvalue weighted by molar-refractivity contribution is 0.264. The quantitative estimate of drug-likeness (QED) is 0.901. The van der Waals surface area contributed by atoms with Crippen molar-refractivity contribution in [3.05, 3.63) is 30.0 Å². The molecule has 1 fully saturated rings. The van der Waals surface area contributed by atoms with Gasteiger partial charge in [0.05, 0.1) is 11.2 Å². The van der Waals surface area contributed by atoms with Gasteiger partial charge in [-0.25, -0.2) is 0 Å². The molecule has 20 heavy (non-hydrogen) atoms. The minimum absolute atomic E-state index is 0.377. The molecular weight excluding hydrogens is 250 g/mol. The summed E-state index contributed by atoms with van der Waals surface area (Å²) in [7, 11) is 2.14. The molecule has 1 aromatic carbocycles. The summed E-state index contributed by atoms with van der Waals surface area (Å²) in [5.41, 5.74) is 2.03. The Morgan fingerprint density at radius 1 is 1.25 bits per heavy atom. The molecular formula is C15H17N5. The number of anilines is 1. The standard InChI is InChI=1S/C15H17N5/c1-20-8-6-11(7-9-20)17-15-12-4-2-3-5-13(12)18-19-14(15)10-16/h2-5,11H,6-9H2,1H3,(H,17,18). The van der Waals surface area contributed by atoms with E-state index in [4.69, 9.17) is 0 Å². The minimum atomic E-state index is 0.377. The first-order valence-corrected chi connectivity index (χ1v) is 6.88. The van der Waals surface area contributed by atoms with Crippen LogP contribution in [0.4, 0.5) is 5.69 Å². The van der Waals surface area contributed by atoms with E-state index in [2.05, 4.69) is 33.5 Å². The van der Waals surface area contributed by atoms with E-state index in [1.807, 2.05) is 24.3 Å². The third kappa shape index (κ3) is 2.43. The van der Waals surface area contributed by atoms with Gasteiger partial charge >= 0.3 is 0 Å². The van der Waals surface area contributed by atoms with Crippen molar-refractivity contribution in [3.63, 3.8) is 0 Å². The maximum Gasteiger partial charge on any atom is 0.186 e. The predicted octanol–water partition coefficient (Wildman–Crippen LogP) is 2.01. The molecule has 0 radical (unpaired) electrons. The van der Waals surface area contributed by atoms with Gasteiger partial charge in [-0.3, -0.25) is 0 Å². The van der Waals surface area contributed by atoms with E-state index in [9.17, 15) is 5.26 Å². The maximum absolute atomic E-state index is 9.25. The number of rotatable bonds is 2. The molecule has 1 saturated heterocycles. The Bertz CT molecular complexity index is 653. The molecule has 0 spiro atoms. The van der Waals surface area contributed by atoms with Crippen LogP contribution in [0.2, 0.25) is 0 Å². The number of nitriles is 1. The molecule has 0 unspecified atom stereocenters. The zero-order valence-electron chi connectivity index (χ0n) is 11.5. The molecule has 1 aliphatic rings. The molecule has 2 aromatic rings. The van der Waals surface area contributed by atoms with Crippen molar-refractivity contribution in [3.8, 4) is 6.07 Å². The van der Waals surface area contributed by atoms with Crippen molar-refractivity contribution in [1.29, 1.82) is 5.26 Å². The normalized spacial score (nSPS) is 17.0. The van der Waals surface area contributed by atoms with Gasteiger partial charge in [0.1, 0.15) is 6.07 Å². The molecule has 5 heteroatoms. The van der Waals surface area contributed by atoms with Crippen LogP contribution >= 0.6 is 0 Å². The van der Waals surface area contributed by atoms with Crippen molar-refractivity contribution in [2.75, 3.05) is 25.5 Å². The highest BCUT2D eigenvalue weighted by atomic mass is 15.1. The van der Waals surface area contributed by atoms with Gasteiger partial charge in [0.15, 0.2) is 5.69 Å². The molecule has 0 aliphatic carbocycles. The number of benzene rings is 1. The summed E-state index contributed by atoms with van der Waals surface area (Å²) in [4.78, 5) is 2.33. The second-order valence-corrected chi connectivity index (χ2v) is 5.27. The summed E-state index contributed by atoms with van der Waals surface area (Å²) < 4.78 is 0. The predicted molar refractivity (Wildman–Crippen MR) is 78.4 cm³/mol. The molecule has 0 atom stereocenters. The second kappa shape index (κ2) is 5.43. The summed E-state index contributed by atoms with van der Waals surface area (Å²) in [5, 5.41) is 21.9. The molecule has 0 bridgehead atoms. The fraction of sp³-hybridized carbons (Fsp3) is 0.400. The van der Waals surface area contributed by atoms with E-state index in [1.54, 1.807) is 0 Å². The molecule has 0 amide bonds. The summed E-state index contributed by atoms with van der Waals surface area (Å²) in [5.74, 6) is 0. The highest BCUT2D eigenvalue weighted by Crippen LogP contribution is 2.26. The van der Waals surface area contributed by atoms with Gasteiger partial charge in [0.25, 0.3) is 0 Å². The number of hydrogen-bond acceptors (Lipinski definition) is 5. The van der Waals surface area contributed by atoms with E-state index in [0.29, 0.717) is 11.7 Å². The Balaban J connectivity index is 1.95. The van der Waals surface area contributed by atoms with Gasteiger partial charge in [0, 0.05) is 11.4 Å². The van der Waals surface area contributed by atoms with Crippen LogP contribution in [0.1, 0.15) is 18.5 Å². The maximum atomic E-state index is 9.25. The Kier molecular flexibility index (Phi) is 3.48. The van der Waals surface area contributed by atoms with E-state index in [0.717, 1.165) is 42.5 Å². The van der Waals surface area contributed by atoms with Gasteiger partial charge in [-0.05, 0) is 39.0 Å². The summed E-state index contributed by atoms with van der Waals surface area (Å²) in [6, 6.07) is 10.3. The smallest absolute Gasteiger partial charge is 0.186 e. The number of fused-ring (bicyclic) bond motifs is 1. The van der Waals surface area contributed by atoms with Gasteiger partial charge in [-0.1, -0.05) is 18.2 Å². The summed E-state index contributed by atoms with van der Waals surface area (Å²) in [6.45, 7) is 2.16. The number of nitrogens with zero attached hydrogens (tertiary/aromatic N) is 4. The van der Waals surface area contributed by atoms with Crippen LogP contribution in [0.25, 0.3) is 10.9 Å². The van der Waals surface area contributed by atoms with Gasteiger partial charge in [-0.15, -0.1) is 10.2 Å². The zero-order chi connectivity index (χ0) is 13.9. The molecule has 1 aromatic heterocycles. The highest BCUT2D eigenvalue weighted by Gasteiger charge is 2.19. The Hall–Kier alpha value is -2.19. The van der Waals surface area contributed by atoms with Crippen LogP contribution in [0.3, 0.4) is 0 Å². The average molecular weight is 267 g/mol. The molecule has 3 rings (SSSR count). The minimum Gasteiger partial charge on any atom is -0.379 e. The third-order valence-electron chi connectivity index (χ3n) is 3.84. The third-order valence-corrected chi connectivity index (χ3v) is 3.84. The van der Waals surface area contributed by atoms with Crippen molar-refractivity contribution >= 4 is 16.6 Å². The Morgan fingerprint density at radius 2 is 2.00 bits per heavy atom. The monoisotopic (exact) mass is 267 g/mol. The van der Waals surface area contributed by atoms with Crippen molar-refractivity contribution in [2.24, 2.45) is 0 Å². The SMILES string of the molecule is CN1CCC(Nc2c(C#N)nnc3ccccc23)CC1. The Morgan fingerprint density at radius 3 is 2.75 bits per heavy atom. The first kappa shape index (κ1) is 12.8. The van der Waals surface area contributed by atoms with Crippen molar-refractivity contribution < 1.29 is 0 Å². The number of likely N-dealkylation sites (tertiary alicyclic amines) is 1. The largest absolute Gasteiger partial charge is 0.379 e. The van der Waals surface area contributed by atoms with Gasteiger partial charge < -0.3 is 10.2 Å². The lowest BCUT2D eigenvalue weighted by Crippen LogP contribution is -2.37. The number of aromatic nitrogens is 2. The first-order valence-electron chi connectivity index (χ1n) is 6.88. The van der Waals surface area contributed by atoms with E-state index in [1.165, 1.54) is 0 Å².